The van der Waals surface area contributed by atoms with E-state index in [0.717, 1.165) is 26.9 Å². The number of nitrogens with one attached hydrogen (secondary N) is 1. The van der Waals surface area contributed by atoms with Gasteiger partial charge >= 0.3 is 0 Å². The minimum absolute atomic E-state index is 0.0726. The minimum atomic E-state index is -4.02. The highest BCUT2D eigenvalue weighted by Crippen LogP contribution is 2.31. The maximum atomic E-state index is 13.4. The molecular formula is C27H23BrCl2N4O3S. The molecule has 1 amide bonds. The number of hydrogen-bond donors (Lipinski definition) is 1. The zero-order valence-corrected chi connectivity index (χ0v) is 24.3. The number of anilines is 1. The molecule has 0 spiro atoms. The van der Waals surface area contributed by atoms with Gasteiger partial charge in [-0.15, -0.1) is 0 Å². The molecule has 7 nitrogen and oxygen atoms in total. The number of carbonyl (C=O) groups is 1. The van der Waals surface area contributed by atoms with E-state index in [2.05, 4.69) is 26.5 Å². The van der Waals surface area contributed by atoms with Crippen LogP contribution in [0.15, 0.2) is 93.3 Å². The van der Waals surface area contributed by atoms with E-state index in [1.54, 1.807) is 48.5 Å². The highest BCUT2D eigenvalue weighted by molar-refractivity contribution is 9.10. The predicted molar refractivity (Wildman–Crippen MR) is 156 cm³/mol. The molecule has 1 aromatic heterocycles. The molecule has 1 heterocycles. The lowest BCUT2D eigenvalue weighted by Gasteiger charge is -2.23. The van der Waals surface area contributed by atoms with Crippen molar-refractivity contribution >= 4 is 67.0 Å². The number of rotatable bonds is 8. The number of aryl methyl sites for hydroxylation is 1. The lowest BCUT2D eigenvalue weighted by Crippen LogP contribution is -2.39. The average molecular weight is 634 g/mol. The zero-order chi connectivity index (χ0) is 27.4. The van der Waals surface area contributed by atoms with Crippen LogP contribution in [0.25, 0.3) is 5.69 Å². The van der Waals surface area contributed by atoms with Gasteiger partial charge in [0.2, 0.25) is 0 Å². The molecule has 0 aliphatic rings. The summed E-state index contributed by atoms with van der Waals surface area (Å²) in [6, 6.07) is 22.0. The summed E-state index contributed by atoms with van der Waals surface area (Å²) in [6.45, 7) is 3.35. The lowest BCUT2D eigenvalue weighted by atomic mass is 10.2. The van der Waals surface area contributed by atoms with Crippen molar-refractivity contribution in [3.05, 3.63) is 110 Å². The van der Waals surface area contributed by atoms with Gasteiger partial charge in [0.05, 0.1) is 32.5 Å². The van der Waals surface area contributed by atoms with E-state index in [0.29, 0.717) is 20.2 Å². The Morgan fingerprint density at radius 2 is 1.74 bits per heavy atom. The van der Waals surface area contributed by atoms with Gasteiger partial charge < -0.3 is 4.57 Å². The summed E-state index contributed by atoms with van der Waals surface area (Å²) in [5.74, 6) is -0.604. The Bertz CT molecular complexity index is 1620. The van der Waals surface area contributed by atoms with Gasteiger partial charge in [-0.1, -0.05) is 69.5 Å². The molecule has 0 aliphatic heterocycles. The summed E-state index contributed by atoms with van der Waals surface area (Å²) in [4.78, 5) is 12.9. The van der Waals surface area contributed by atoms with E-state index in [4.69, 9.17) is 23.2 Å². The number of hydrogen-bond acceptors (Lipinski definition) is 4. The quantitative estimate of drug-likeness (QED) is 0.177. The summed E-state index contributed by atoms with van der Waals surface area (Å²) in [5.41, 5.74) is 6.00. The summed E-state index contributed by atoms with van der Waals surface area (Å²) >= 11 is 16.0. The van der Waals surface area contributed by atoms with Crippen LogP contribution in [0.2, 0.25) is 10.0 Å². The van der Waals surface area contributed by atoms with Crippen LogP contribution in [0.3, 0.4) is 0 Å². The van der Waals surface area contributed by atoms with E-state index in [-0.39, 0.29) is 4.90 Å². The molecule has 3 aromatic carbocycles. The van der Waals surface area contributed by atoms with Crippen molar-refractivity contribution in [3.63, 3.8) is 0 Å². The smallest absolute Gasteiger partial charge is 0.264 e. The number of nitrogens with zero attached hydrogens (tertiary/aromatic N) is 3. The van der Waals surface area contributed by atoms with Crippen molar-refractivity contribution in [3.8, 4) is 5.69 Å². The van der Waals surface area contributed by atoms with Crippen LogP contribution in [-0.2, 0) is 14.8 Å². The summed E-state index contributed by atoms with van der Waals surface area (Å²) in [6.07, 6.45) is 1.50. The summed E-state index contributed by atoms with van der Waals surface area (Å²) < 4.78 is 30.5. The molecule has 0 unspecified atom stereocenters. The zero-order valence-electron chi connectivity index (χ0n) is 20.4. The van der Waals surface area contributed by atoms with Crippen LogP contribution >= 0.6 is 39.1 Å². The van der Waals surface area contributed by atoms with Gasteiger partial charge in [0.15, 0.2) is 0 Å². The molecule has 0 radical (unpaired) electrons. The maximum Gasteiger partial charge on any atom is 0.264 e. The molecule has 4 rings (SSSR count). The Morgan fingerprint density at radius 1 is 1.03 bits per heavy atom. The van der Waals surface area contributed by atoms with Crippen LogP contribution in [0.5, 0.6) is 0 Å². The predicted octanol–water partition coefficient (Wildman–Crippen LogP) is 6.51. The standard InChI is InChI=1S/C27H23BrCl2N4O3S/c1-18-14-20(19(2)34(18)25-13-7-12-24(29)27(25)30)16-31-32-26(35)17-33(22-9-6-8-21(28)15-22)38(36,37)23-10-4-3-5-11-23/h3-16H,17H2,1-2H3,(H,32,35)/b31-16+. The van der Waals surface area contributed by atoms with E-state index in [9.17, 15) is 13.2 Å². The molecule has 0 saturated heterocycles. The highest BCUT2D eigenvalue weighted by atomic mass is 79.9. The largest absolute Gasteiger partial charge is 0.316 e. The topological polar surface area (TPSA) is 83.8 Å². The van der Waals surface area contributed by atoms with Crippen molar-refractivity contribution in [2.45, 2.75) is 18.7 Å². The third-order valence-corrected chi connectivity index (χ3v) is 8.84. The second-order valence-corrected chi connectivity index (χ2v) is 11.9. The second-order valence-electron chi connectivity index (χ2n) is 8.33. The highest BCUT2D eigenvalue weighted by Gasteiger charge is 2.27. The lowest BCUT2D eigenvalue weighted by molar-refractivity contribution is -0.119. The Morgan fingerprint density at radius 3 is 2.45 bits per heavy atom. The third kappa shape index (κ3) is 5.96. The first-order valence-electron chi connectivity index (χ1n) is 11.4. The summed E-state index contributed by atoms with van der Waals surface area (Å²) in [5, 5.41) is 4.96. The normalized spacial score (nSPS) is 11.6. The average Bonchev–Trinajstić information content (AvgIpc) is 3.17. The first-order valence-corrected chi connectivity index (χ1v) is 14.4. The molecule has 0 atom stereocenters. The van der Waals surface area contributed by atoms with Crippen molar-refractivity contribution in [1.82, 2.24) is 9.99 Å². The number of carbonyl (C=O) groups excluding carboxylic acids is 1. The van der Waals surface area contributed by atoms with Gasteiger partial charge in [0.25, 0.3) is 15.9 Å². The van der Waals surface area contributed by atoms with Crippen molar-refractivity contribution < 1.29 is 13.2 Å². The molecule has 11 heteroatoms. The molecule has 1 N–H and O–H groups in total. The van der Waals surface area contributed by atoms with E-state index >= 15 is 0 Å². The Balaban J connectivity index is 1.56. The van der Waals surface area contributed by atoms with Crippen LogP contribution < -0.4 is 9.73 Å². The molecule has 196 valence electrons. The minimum Gasteiger partial charge on any atom is -0.316 e. The maximum absolute atomic E-state index is 13.4. The first kappa shape index (κ1) is 27.9. The van der Waals surface area contributed by atoms with Crippen molar-refractivity contribution in [1.29, 1.82) is 0 Å². The van der Waals surface area contributed by atoms with E-state index in [1.165, 1.54) is 18.3 Å². The summed E-state index contributed by atoms with van der Waals surface area (Å²) in [7, 11) is -4.02. The van der Waals surface area contributed by atoms with Crippen molar-refractivity contribution in [2.75, 3.05) is 10.8 Å². The van der Waals surface area contributed by atoms with Gasteiger partial charge in [-0.25, -0.2) is 13.8 Å². The van der Waals surface area contributed by atoms with Gasteiger partial charge in [0.1, 0.15) is 6.54 Å². The Hall–Kier alpha value is -3.11. The number of hydrazone groups is 1. The van der Waals surface area contributed by atoms with E-state index in [1.807, 2.05) is 36.6 Å². The van der Waals surface area contributed by atoms with Gasteiger partial charge in [-0.2, -0.15) is 5.10 Å². The number of benzene rings is 3. The van der Waals surface area contributed by atoms with Gasteiger partial charge in [0, 0.05) is 21.4 Å². The number of aromatic nitrogens is 1. The number of sulfonamides is 1. The number of amides is 1. The molecule has 4 aromatic rings. The molecular weight excluding hydrogens is 611 g/mol. The van der Waals surface area contributed by atoms with Crippen molar-refractivity contribution in [2.24, 2.45) is 5.10 Å². The molecule has 0 aliphatic carbocycles. The molecule has 0 bridgehead atoms. The monoisotopic (exact) mass is 632 g/mol. The van der Waals surface area contributed by atoms with Gasteiger partial charge in [-0.3, -0.25) is 9.10 Å². The Kier molecular flexibility index (Phi) is 8.62. The van der Waals surface area contributed by atoms with Gasteiger partial charge in [-0.05, 0) is 62.4 Å². The number of halogens is 3. The molecule has 0 saturated carbocycles. The molecule has 38 heavy (non-hydrogen) atoms. The SMILES string of the molecule is Cc1cc(/C=N/NC(=O)CN(c2cccc(Br)c2)S(=O)(=O)c2ccccc2)c(C)n1-c1cccc(Cl)c1Cl. The van der Waals surface area contributed by atoms with Crippen LogP contribution in [0, 0.1) is 13.8 Å². The first-order chi connectivity index (χ1) is 18.1. The van der Waals surface area contributed by atoms with E-state index < -0.39 is 22.5 Å². The third-order valence-electron chi connectivity index (χ3n) is 5.75. The Labute approximate surface area is 239 Å². The van der Waals surface area contributed by atoms with Crippen LogP contribution in [0.1, 0.15) is 17.0 Å². The molecule has 0 fully saturated rings. The fraction of sp³-hybridized carbons (Fsp3) is 0.111. The van der Waals surface area contributed by atoms with Crippen LogP contribution in [-0.4, -0.2) is 31.7 Å². The second kappa shape index (κ2) is 11.7. The fourth-order valence-corrected chi connectivity index (χ4v) is 6.16. The fourth-order valence-electron chi connectivity index (χ4n) is 3.96. The van der Waals surface area contributed by atoms with Crippen LogP contribution in [0.4, 0.5) is 5.69 Å².